The summed E-state index contributed by atoms with van der Waals surface area (Å²) >= 11 is 0. The predicted octanol–water partition coefficient (Wildman–Crippen LogP) is -18.4. The fraction of sp³-hybridized carbons (Fsp3) is 0. The van der Waals surface area contributed by atoms with Crippen molar-refractivity contribution in [3.05, 3.63) is 0 Å². The molecular weight excluding hydrogens is 236 g/mol. The quantitative estimate of drug-likeness (QED) is 0.289. The van der Waals surface area contributed by atoms with E-state index in [2.05, 4.69) is 0 Å². The standard InChI is InChI=1S/6FH.Sb/h6*1H;/p-6. The van der Waals surface area contributed by atoms with Gasteiger partial charge >= 0.3 is 0 Å². The summed E-state index contributed by atoms with van der Waals surface area (Å²) in [6, 6.07) is 0. The van der Waals surface area contributed by atoms with Crippen LogP contribution in [0, 0.1) is 0 Å². The predicted molar refractivity (Wildman–Crippen MR) is 5.75 cm³/mol. The van der Waals surface area contributed by atoms with Crippen molar-refractivity contribution in [1.29, 1.82) is 0 Å². The van der Waals surface area contributed by atoms with Crippen molar-refractivity contribution in [3.8, 4) is 0 Å². The van der Waals surface area contributed by atoms with E-state index in [0.717, 1.165) is 0 Å². The van der Waals surface area contributed by atoms with Crippen LogP contribution in [0.3, 0.4) is 0 Å². The summed E-state index contributed by atoms with van der Waals surface area (Å²) in [4.78, 5) is 0. The summed E-state index contributed by atoms with van der Waals surface area (Å²) in [5.41, 5.74) is 0. The van der Waals surface area contributed by atoms with Gasteiger partial charge in [-0.15, -0.1) is 0 Å². The van der Waals surface area contributed by atoms with Crippen LogP contribution in [-0.4, -0.2) is 24.4 Å². The summed E-state index contributed by atoms with van der Waals surface area (Å²) in [7, 11) is 0. The SMILES string of the molecule is [F-].[F-].[F-].[F-].[F-].[F-].[Sb]. The van der Waals surface area contributed by atoms with Gasteiger partial charge in [0, 0.05) is 24.4 Å². The Balaban J connectivity index is 0. The molecule has 0 saturated carbocycles. The van der Waals surface area contributed by atoms with Crippen molar-refractivity contribution in [2.45, 2.75) is 0 Å². The van der Waals surface area contributed by atoms with Gasteiger partial charge in [-0.1, -0.05) is 0 Å². The van der Waals surface area contributed by atoms with Gasteiger partial charge in [0.25, 0.3) is 0 Å². The maximum absolute atomic E-state index is 0. The number of rotatable bonds is 0. The van der Waals surface area contributed by atoms with E-state index < -0.39 is 0 Å². The summed E-state index contributed by atoms with van der Waals surface area (Å²) in [6.45, 7) is 0. The molecule has 0 heterocycles. The maximum Gasteiger partial charge on any atom is 0 e. The van der Waals surface area contributed by atoms with E-state index in [1.807, 2.05) is 0 Å². The van der Waals surface area contributed by atoms with Crippen LogP contribution >= 0.6 is 0 Å². The van der Waals surface area contributed by atoms with Crippen LogP contribution in [0.5, 0.6) is 0 Å². The minimum atomic E-state index is 0. The Labute approximate surface area is 53.3 Å². The molecule has 0 N–H and O–H groups in total. The third-order valence-corrected chi connectivity index (χ3v) is 0. The van der Waals surface area contributed by atoms with E-state index in [0.29, 0.717) is 0 Å². The second kappa shape index (κ2) is 1180. The van der Waals surface area contributed by atoms with Crippen molar-refractivity contribution >= 4 is 24.4 Å². The molecule has 0 aliphatic carbocycles. The summed E-state index contributed by atoms with van der Waals surface area (Å²) in [5, 5.41) is 0. The molecule has 0 rings (SSSR count). The normalized spacial score (nSPS) is 0. The molecule has 0 atom stereocenters. The number of hydrogen-bond acceptors (Lipinski definition) is 0. The molecule has 0 aromatic heterocycles. The molecule has 0 saturated heterocycles. The minimum Gasteiger partial charge on any atom is -1.00 e. The van der Waals surface area contributed by atoms with Gasteiger partial charge in [0.05, 0.1) is 0 Å². The molecule has 0 amide bonds. The molecule has 53 valence electrons. The molecule has 0 aromatic rings. The van der Waals surface area contributed by atoms with Gasteiger partial charge in [0.1, 0.15) is 0 Å². The van der Waals surface area contributed by atoms with Gasteiger partial charge in [0.2, 0.25) is 0 Å². The van der Waals surface area contributed by atoms with Crippen LogP contribution in [0.2, 0.25) is 0 Å². The van der Waals surface area contributed by atoms with Crippen molar-refractivity contribution in [3.63, 3.8) is 0 Å². The van der Waals surface area contributed by atoms with Crippen molar-refractivity contribution in [2.24, 2.45) is 0 Å². The zero-order chi connectivity index (χ0) is 0. The van der Waals surface area contributed by atoms with Gasteiger partial charge < -0.3 is 28.2 Å². The molecule has 0 spiro atoms. The van der Waals surface area contributed by atoms with Gasteiger partial charge in [-0.05, 0) is 0 Å². The first-order valence-corrected chi connectivity index (χ1v) is 0. The van der Waals surface area contributed by atoms with Crippen LogP contribution in [0.4, 0.5) is 0 Å². The van der Waals surface area contributed by atoms with Crippen LogP contribution in [0.1, 0.15) is 0 Å². The monoisotopic (exact) mass is 235 g/mol. The van der Waals surface area contributed by atoms with E-state index in [-0.39, 0.29) is 52.7 Å². The smallest absolute Gasteiger partial charge is 0 e. The van der Waals surface area contributed by atoms with E-state index in [1.165, 1.54) is 0 Å². The molecule has 0 fully saturated rings. The Hall–Kier alpha value is 0.398. The Kier molecular flexibility index (Phi) is 321000. The topological polar surface area (TPSA) is 0 Å². The van der Waals surface area contributed by atoms with Gasteiger partial charge in [-0.25, -0.2) is 0 Å². The molecule has 0 aliphatic rings. The Bertz CT molecular complexity index is 4.14. The van der Waals surface area contributed by atoms with Gasteiger partial charge in [-0.2, -0.15) is 0 Å². The van der Waals surface area contributed by atoms with Crippen LogP contribution in [0.15, 0.2) is 0 Å². The Morgan fingerprint density at radius 3 is 0.286 bits per heavy atom. The molecule has 0 unspecified atom stereocenters. The average Bonchev–Trinajstić information content (AvgIpc) is 0. The van der Waals surface area contributed by atoms with Crippen LogP contribution < -0.4 is 28.2 Å². The first kappa shape index (κ1) is 1910. The molecule has 0 bridgehead atoms. The maximum atomic E-state index is 0. The van der Waals surface area contributed by atoms with E-state index in [4.69, 9.17) is 0 Å². The van der Waals surface area contributed by atoms with Crippen molar-refractivity contribution in [2.75, 3.05) is 0 Å². The third-order valence-electron chi connectivity index (χ3n) is 0. The van der Waals surface area contributed by atoms with Crippen LogP contribution in [-0.2, 0) is 0 Å². The molecule has 7 heavy (non-hydrogen) atoms. The van der Waals surface area contributed by atoms with E-state index >= 15 is 0 Å². The number of hydrogen-bond donors (Lipinski definition) is 0. The molecule has 7 heteroatoms. The van der Waals surface area contributed by atoms with Crippen LogP contribution in [0.25, 0.3) is 0 Å². The van der Waals surface area contributed by atoms with Gasteiger partial charge in [-0.3, -0.25) is 0 Å². The first-order valence-electron chi connectivity index (χ1n) is 0. The second-order valence-electron chi connectivity index (χ2n) is 0. The van der Waals surface area contributed by atoms with Gasteiger partial charge in [0.15, 0.2) is 0 Å². The zero-order valence-electron chi connectivity index (χ0n) is 2.72. The Morgan fingerprint density at radius 1 is 0.286 bits per heavy atom. The second-order valence-corrected chi connectivity index (χ2v) is 0. The van der Waals surface area contributed by atoms with E-state index in [1.54, 1.807) is 0 Å². The zero-order valence-corrected chi connectivity index (χ0v) is 5.27. The molecule has 0 aliphatic heterocycles. The molecule has 0 aromatic carbocycles. The van der Waals surface area contributed by atoms with Crippen molar-refractivity contribution < 1.29 is 28.2 Å². The summed E-state index contributed by atoms with van der Waals surface area (Å²) < 4.78 is 0. The summed E-state index contributed by atoms with van der Waals surface area (Å²) in [5.74, 6) is 0. The molecule has 0 nitrogen and oxygen atoms in total. The molecular formula is F6Sb-6. The average molecular weight is 236 g/mol. The summed E-state index contributed by atoms with van der Waals surface area (Å²) in [6.07, 6.45) is 0. The van der Waals surface area contributed by atoms with Crippen molar-refractivity contribution in [1.82, 2.24) is 0 Å². The fourth-order valence-corrected chi connectivity index (χ4v) is 0. The fourth-order valence-electron chi connectivity index (χ4n) is 0. The number of halogens is 6. The Morgan fingerprint density at radius 2 is 0.286 bits per heavy atom. The third kappa shape index (κ3) is 781. The van der Waals surface area contributed by atoms with E-state index in [9.17, 15) is 0 Å². The molecule has 3 radical (unpaired) electrons. The minimum absolute atomic E-state index is 0. The first-order chi connectivity index (χ1) is 0. The largest absolute Gasteiger partial charge is 1.00 e.